The van der Waals surface area contributed by atoms with Gasteiger partial charge < -0.3 is 5.11 Å². The van der Waals surface area contributed by atoms with Crippen LogP contribution in [0.5, 0.6) is 0 Å². The minimum Gasteiger partial charge on any atom is -0.392 e. The van der Waals surface area contributed by atoms with Gasteiger partial charge in [-0.25, -0.2) is 0 Å². The fourth-order valence-electron chi connectivity index (χ4n) is 2.55. The summed E-state index contributed by atoms with van der Waals surface area (Å²) in [6, 6.07) is 8.15. The molecule has 1 unspecified atom stereocenters. The van der Waals surface area contributed by atoms with Crippen molar-refractivity contribution in [3.8, 4) is 0 Å². The molecule has 1 heteroatoms. The highest BCUT2D eigenvalue weighted by atomic mass is 16.3. The zero-order valence-corrected chi connectivity index (χ0v) is 10.1. The molecule has 1 atom stereocenters. The highest BCUT2D eigenvalue weighted by Gasteiger charge is 2.23. The Morgan fingerprint density at radius 2 is 1.81 bits per heavy atom. The standard InChI is InChI=1S/C15H18O/c1-10-8-11(2)15(12(10)3)14-7-5-4-6-13(14)9-16/h4-8,15-16H,9H2,1-3H3. The van der Waals surface area contributed by atoms with Crippen LogP contribution in [0.4, 0.5) is 0 Å². The zero-order chi connectivity index (χ0) is 11.7. The van der Waals surface area contributed by atoms with Gasteiger partial charge in [0.25, 0.3) is 0 Å². The maximum Gasteiger partial charge on any atom is 0.0684 e. The van der Waals surface area contributed by atoms with E-state index in [1.54, 1.807) is 0 Å². The lowest BCUT2D eigenvalue weighted by Gasteiger charge is -2.18. The van der Waals surface area contributed by atoms with Gasteiger partial charge in [0.05, 0.1) is 6.61 Å². The molecule has 0 spiro atoms. The van der Waals surface area contributed by atoms with E-state index in [4.69, 9.17) is 0 Å². The monoisotopic (exact) mass is 214 g/mol. The molecule has 0 radical (unpaired) electrons. The Balaban J connectivity index is 2.50. The van der Waals surface area contributed by atoms with Gasteiger partial charge in [0, 0.05) is 5.92 Å². The van der Waals surface area contributed by atoms with E-state index in [2.05, 4.69) is 32.9 Å². The van der Waals surface area contributed by atoms with Crippen molar-refractivity contribution >= 4 is 0 Å². The van der Waals surface area contributed by atoms with Crippen molar-refractivity contribution in [2.75, 3.05) is 0 Å². The summed E-state index contributed by atoms with van der Waals surface area (Å²) in [6.07, 6.45) is 2.24. The summed E-state index contributed by atoms with van der Waals surface area (Å²) in [5, 5.41) is 9.38. The third-order valence-electron chi connectivity index (χ3n) is 3.49. The average molecular weight is 214 g/mol. The lowest BCUT2D eigenvalue weighted by Crippen LogP contribution is -2.03. The van der Waals surface area contributed by atoms with Crippen LogP contribution in [-0.2, 0) is 6.61 Å². The molecular formula is C15H18O. The molecule has 0 saturated heterocycles. The van der Waals surface area contributed by atoms with Crippen molar-refractivity contribution in [3.05, 3.63) is 58.2 Å². The first kappa shape index (κ1) is 11.2. The van der Waals surface area contributed by atoms with Gasteiger partial charge in [-0.3, -0.25) is 0 Å². The van der Waals surface area contributed by atoms with Crippen molar-refractivity contribution in [1.82, 2.24) is 0 Å². The predicted molar refractivity (Wildman–Crippen MR) is 67.2 cm³/mol. The van der Waals surface area contributed by atoms with Crippen LogP contribution < -0.4 is 0 Å². The van der Waals surface area contributed by atoms with Crippen LogP contribution in [-0.4, -0.2) is 5.11 Å². The van der Waals surface area contributed by atoms with E-state index in [9.17, 15) is 5.11 Å². The first-order valence-electron chi connectivity index (χ1n) is 5.69. The van der Waals surface area contributed by atoms with E-state index >= 15 is 0 Å². The number of hydrogen-bond acceptors (Lipinski definition) is 1. The van der Waals surface area contributed by atoms with E-state index in [-0.39, 0.29) is 6.61 Å². The first-order chi connectivity index (χ1) is 7.65. The van der Waals surface area contributed by atoms with E-state index < -0.39 is 0 Å². The fourth-order valence-corrected chi connectivity index (χ4v) is 2.55. The molecule has 0 aromatic heterocycles. The molecule has 0 fully saturated rings. The van der Waals surface area contributed by atoms with Crippen molar-refractivity contribution in [1.29, 1.82) is 0 Å². The van der Waals surface area contributed by atoms with Gasteiger partial charge in [0.2, 0.25) is 0 Å². The van der Waals surface area contributed by atoms with Crippen molar-refractivity contribution in [3.63, 3.8) is 0 Å². The molecule has 1 aromatic carbocycles. The Morgan fingerprint density at radius 3 is 2.38 bits per heavy atom. The second-order valence-electron chi connectivity index (χ2n) is 4.54. The normalized spacial score (nSPS) is 20.2. The molecule has 1 aliphatic rings. The number of hydrogen-bond donors (Lipinski definition) is 1. The van der Waals surface area contributed by atoms with Crippen LogP contribution in [0, 0.1) is 0 Å². The van der Waals surface area contributed by atoms with E-state index in [1.165, 1.54) is 22.3 Å². The Morgan fingerprint density at radius 1 is 1.12 bits per heavy atom. The molecular weight excluding hydrogens is 196 g/mol. The number of aliphatic hydroxyl groups excluding tert-OH is 1. The quantitative estimate of drug-likeness (QED) is 0.798. The van der Waals surface area contributed by atoms with E-state index in [0.29, 0.717) is 5.92 Å². The summed E-state index contributed by atoms with van der Waals surface area (Å²) >= 11 is 0. The first-order valence-corrected chi connectivity index (χ1v) is 5.69. The second kappa shape index (κ2) is 4.26. The largest absolute Gasteiger partial charge is 0.392 e. The SMILES string of the molecule is CC1=CC(C)=C(C)C1c1ccccc1CO. The molecule has 0 saturated carbocycles. The smallest absolute Gasteiger partial charge is 0.0684 e. The summed E-state index contributed by atoms with van der Waals surface area (Å²) < 4.78 is 0. The van der Waals surface area contributed by atoms with Gasteiger partial charge in [-0.15, -0.1) is 0 Å². The molecule has 1 aliphatic carbocycles. The van der Waals surface area contributed by atoms with Crippen LogP contribution in [0.2, 0.25) is 0 Å². The summed E-state index contributed by atoms with van der Waals surface area (Å²) in [6.45, 7) is 6.62. The van der Waals surface area contributed by atoms with Crippen molar-refractivity contribution in [2.24, 2.45) is 0 Å². The molecule has 84 valence electrons. The number of aliphatic hydroxyl groups is 1. The molecule has 1 N–H and O–H groups in total. The number of allylic oxidation sites excluding steroid dienone is 4. The molecule has 0 aliphatic heterocycles. The summed E-state index contributed by atoms with van der Waals surface area (Å²) in [7, 11) is 0. The minimum absolute atomic E-state index is 0.117. The summed E-state index contributed by atoms with van der Waals surface area (Å²) in [4.78, 5) is 0. The Hall–Kier alpha value is -1.34. The van der Waals surface area contributed by atoms with Crippen LogP contribution in [0.1, 0.15) is 37.8 Å². The summed E-state index contributed by atoms with van der Waals surface area (Å²) in [5.41, 5.74) is 6.41. The minimum atomic E-state index is 0.117. The molecule has 1 nitrogen and oxygen atoms in total. The maximum absolute atomic E-state index is 9.38. The Labute approximate surface area is 97.1 Å². The van der Waals surface area contributed by atoms with Gasteiger partial charge >= 0.3 is 0 Å². The zero-order valence-electron chi connectivity index (χ0n) is 10.1. The maximum atomic E-state index is 9.38. The van der Waals surface area contributed by atoms with Crippen LogP contribution >= 0.6 is 0 Å². The highest BCUT2D eigenvalue weighted by molar-refractivity contribution is 5.50. The molecule has 0 bridgehead atoms. The van der Waals surface area contributed by atoms with Crippen LogP contribution in [0.25, 0.3) is 0 Å². The molecule has 16 heavy (non-hydrogen) atoms. The van der Waals surface area contributed by atoms with Gasteiger partial charge in [-0.2, -0.15) is 0 Å². The summed E-state index contributed by atoms with van der Waals surface area (Å²) in [5.74, 6) is 0.364. The lowest BCUT2D eigenvalue weighted by atomic mass is 9.86. The lowest BCUT2D eigenvalue weighted by molar-refractivity contribution is 0.280. The average Bonchev–Trinajstić information content (AvgIpc) is 2.53. The van der Waals surface area contributed by atoms with E-state index in [1.807, 2.05) is 18.2 Å². The fraction of sp³-hybridized carbons (Fsp3) is 0.333. The topological polar surface area (TPSA) is 20.2 Å². The molecule has 1 aromatic rings. The van der Waals surface area contributed by atoms with Crippen molar-refractivity contribution < 1.29 is 5.11 Å². The van der Waals surface area contributed by atoms with Gasteiger partial charge in [0.15, 0.2) is 0 Å². The predicted octanol–water partition coefficient (Wildman–Crippen LogP) is 3.56. The van der Waals surface area contributed by atoms with Crippen LogP contribution in [0.3, 0.4) is 0 Å². The van der Waals surface area contributed by atoms with E-state index in [0.717, 1.165) is 5.56 Å². The van der Waals surface area contributed by atoms with Gasteiger partial charge in [-0.05, 0) is 31.9 Å². The third-order valence-corrected chi connectivity index (χ3v) is 3.49. The highest BCUT2D eigenvalue weighted by Crippen LogP contribution is 2.40. The molecule has 0 heterocycles. The molecule has 2 rings (SSSR count). The van der Waals surface area contributed by atoms with Crippen molar-refractivity contribution in [2.45, 2.75) is 33.3 Å². The number of rotatable bonds is 2. The third kappa shape index (κ3) is 1.72. The van der Waals surface area contributed by atoms with Gasteiger partial charge in [-0.1, -0.05) is 47.1 Å². The van der Waals surface area contributed by atoms with Gasteiger partial charge in [0.1, 0.15) is 0 Å². The second-order valence-corrected chi connectivity index (χ2v) is 4.54. The Kier molecular flexibility index (Phi) is 2.97. The Bertz CT molecular complexity index is 466. The van der Waals surface area contributed by atoms with Crippen LogP contribution in [0.15, 0.2) is 47.1 Å². The molecule has 0 amide bonds. The number of benzene rings is 1.